The second-order valence-electron chi connectivity index (χ2n) is 11.8. The van der Waals surface area contributed by atoms with Crippen molar-refractivity contribution in [1.82, 2.24) is 20.4 Å². The zero-order chi connectivity index (χ0) is 26.4. The Hall–Kier alpha value is -2.12. The number of unbranched alkanes of at least 4 members (excludes halogenated alkanes) is 1. The Morgan fingerprint density at radius 3 is 2.34 bits per heavy atom. The average molecular weight is 547 g/mol. The zero-order valence-corrected chi connectivity index (χ0v) is 24.3. The summed E-state index contributed by atoms with van der Waals surface area (Å²) in [6, 6.07) is 7.84. The highest BCUT2D eigenvalue weighted by Gasteiger charge is 2.53. The molecule has 1 saturated carbocycles. The number of nitrogens with one attached hydrogen (secondary N) is 2. The highest BCUT2D eigenvalue weighted by atomic mass is 35.5. The zero-order valence-electron chi connectivity index (χ0n) is 23.5. The van der Waals surface area contributed by atoms with Crippen LogP contribution in [0.1, 0.15) is 101 Å². The van der Waals surface area contributed by atoms with E-state index < -0.39 is 11.6 Å². The van der Waals surface area contributed by atoms with Crippen LogP contribution in [0.25, 0.3) is 0 Å². The number of hydrogen-bond donors (Lipinski definition) is 2. The summed E-state index contributed by atoms with van der Waals surface area (Å²) in [5.74, 6) is 0.497. The lowest BCUT2D eigenvalue weighted by Gasteiger charge is -2.52. The van der Waals surface area contributed by atoms with E-state index in [1.807, 2.05) is 29.2 Å². The Morgan fingerprint density at radius 1 is 1.08 bits per heavy atom. The van der Waals surface area contributed by atoms with Crippen molar-refractivity contribution in [2.24, 2.45) is 5.92 Å². The van der Waals surface area contributed by atoms with Crippen LogP contribution in [0, 0.1) is 5.92 Å². The molecule has 3 aliphatic rings. The molecule has 4 rings (SSSR count). The van der Waals surface area contributed by atoms with E-state index in [1.54, 1.807) is 0 Å². The van der Waals surface area contributed by atoms with E-state index in [1.165, 1.54) is 19.3 Å². The quantitative estimate of drug-likeness (QED) is 0.471. The molecule has 7 nitrogen and oxygen atoms in total. The SMILES string of the molecule is CCCCN1C(=O)[C@H](CC(C)C)NC(=O)C12CCN(Cc1ccc(C(=O)NC3CCCCC3)cc1)CC2.Cl. The molecule has 1 aromatic carbocycles. The molecular weight excluding hydrogens is 500 g/mol. The molecule has 0 aromatic heterocycles. The third-order valence-electron chi connectivity index (χ3n) is 8.50. The fraction of sp³-hybridized carbons (Fsp3) is 0.700. The number of piperidine rings is 1. The van der Waals surface area contributed by atoms with E-state index >= 15 is 0 Å². The van der Waals surface area contributed by atoms with Crippen LogP contribution in [-0.4, -0.2) is 64.8 Å². The summed E-state index contributed by atoms with van der Waals surface area (Å²) in [7, 11) is 0. The van der Waals surface area contributed by atoms with Crippen LogP contribution in [0.15, 0.2) is 24.3 Å². The summed E-state index contributed by atoms with van der Waals surface area (Å²) < 4.78 is 0. The summed E-state index contributed by atoms with van der Waals surface area (Å²) in [6.45, 7) is 9.27. The third kappa shape index (κ3) is 7.09. The molecule has 8 heteroatoms. The van der Waals surface area contributed by atoms with Gasteiger partial charge in [-0.25, -0.2) is 0 Å². The molecule has 2 heterocycles. The molecule has 3 fully saturated rings. The number of piperazine rings is 1. The minimum atomic E-state index is -0.725. The standard InChI is InChI=1S/C30H46N4O3.ClH/c1-4-5-17-34-28(36)26(20-22(2)3)32-29(37)30(34)15-18-33(19-16-30)21-23-11-13-24(14-12-23)27(35)31-25-9-7-6-8-10-25;/h11-14,22,25-26H,4-10,15-21H2,1-3H3,(H,31,35)(H,32,37);1H/t26-;/m0./s1. The van der Waals surface area contributed by atoms with Gasteiger partial charge in [-0.15, -0.1) is 12.4 Å². The molecule has 1 atom stereocenters. The first-order valence-corrected chi connectivity index (χ1v) is 14.6. The number of amides is 3. The van der Waals surface area contributed by atoms with Crippen molar-refractivity contribution in [3.63, 3.8) is 0 Å². The van der Waals surface area contributed by atoms with Crippen molar-refractivity contribution in [2.75, 3.05) is 19.6 Å². The molecule has 212 valence electrons. The second-order valence-corrected chi connectivity index (χ2v) is 11.8. The van der Waals surface area contributed by atoms with Crippen molar-refractivity contribution in [3.05, 3.63) is 35.4 Å². The summed E-state index contributed by atoms with van der Waals surface area (Å²) in [5.41, 5.74) is 1.15. The van der Waals surface area contributed by atoms with Crippen molar-refractivity contribution < 1.29 is 14.4 Å². The topological polar surface area (TPSA) is 81.8 Å². The van der Waals surface area contributed by atoms with Gasteiger partial charge < -0.3 is 15.5 Å². The number of benzene rings is 1. The van der Waals surface area contributed by atoms with Gasteiger partial charge >= 0.3 is 0 Å². The van der Waals surface area contributed by atoms with Crippen LogP contribution in [0.5, 0.6) is 0 Å². The molecule has 0 unspecified atom stereocenters. The van der Waals surface area contributed by atoms with Crippen molar-refractivity contribution in [2.45, 2.75) is 109 Å². The predicted octanol–water partition coefficient (Wildman–Crippen LogP) is 4.68. The Bertz CT molecular complexity index is 937. The van der Waals surface area contributed by atoms with Crippen molar-refractivity contribution >= 4 is 30.1 Å². The smallest absolute Gasteiger partial charge is 0.251 e. The van der Waals surface area contributed by atoms with Crippen LogP contribution in [0.2, 0.25) is 0 Å². The lowest BCUT2D eigenvalue weighted by Crippen LogP contribution is -2.73. The second kappa shape index (κ2) is 13.8. The van der Waals surface area contributed by atoms with Crippen LogP contribution in [0.3, 0.4) is 0 Å². The molecule has 2 saturated heterocycles. The molecular formula is C30H47ClN4O3. The summed E-state index contributed by atoms with van der Waals surface area (Å²) in [4.78, 5) is 43.8. The molecule has 1 aromatic rings. The maximum atomic E-state index is 13.4. The van der Waals surface area contributed by atoms with Gasteiger partial charge in [0.25, 0.3) is 5.91 Å². The predicted molar refractivity (Wildman–Crippen MR) is 153 cm³/mol. The summed E-state index contributed by atoms with van der Waals surface area (Å²) in [6.07, 6.45) is 9.75. The van der Waals surface area contributed by atoms with E-state index in [9.17, 15) is 14.4 Å². The number of carbonyl (C=O) groups excluding carboxylic acids is 3. The molecule has 0 radical (unpaired) electrons. The lowest BCUT2D eigenvalue weighted by atomic mass is 9.80. The van der Waals surface area contributed by atoms with Crippen LogP contribution in [-0.2, 0) is 16.1 Å². The van der Waals surface area contributed by atoms with E-state index in [2.05, 4.69) is 36.3 Å². The molecule has 0 bridgehead atoms. The van der Waals surface area contributed by atoms with Crippen molar-refractivity contribution in [1.29, 1.82) is 0 Å². The van der Waals surface area contributed by atoms with Crippen LogP contribution >= 0.6 is 12.4 Å². The summed E-state index contributed by atoms with van der Waals surface area (Å²) >= 11 is 0. The normalized spacial score (nSPS) is 22.3. The maximum Gasteiger partial charge on any atom is 0.251 e. The average Bonchev–Trinajstić information content (AvgIpc) is 2.89. The number of nitrogens with zero attached hydrogens (tertiary/aromatic N) is 2. The first kappa shape index (κ1) is 30.4. The molecule has 1 aliphatic carbocycles. The number of likely N-dealkylation sites (tertiary alicyclic amines) is 1. The minimum Gasteiger partial charge on any atom is -0.349 e. The Balaban J connectivity index is 0.00000400. The number of rotatable bonds is 9. The van der Waals surface area contributed by atoms with E-state index in [4.69, 9.17) is 0 Å². The van der Waals surface area contributed by atoms with Gasteiger partial charge in [0, 0.05) is 37.8 Å². The Morgan fingerprint density at radius 2 is 1.74 bits per heavy atom. The fourth-order valence-electron chi connectivity index (χ4n) is 6.26. The van der Waals surface area contributed by atoms with Gasteiger partial charge in [0.05, 0.1) is 0 Å². The largest absolute Gasteiger partial charge is 0.349 e. The van der Waals surface area contributed by atoms with Gasteiger partial charge in [-0.3, -0.25) is 19.3 Å². The van der Waals surface area contributed by atoms with Crippen LogP contribution in [0.4, 0.5) is 0 Å². The molecule has 2 N–H and O–H groups in total. The van der Waals surface area contributed by atoms with Gasteiger partial charge in [0.15, 0.2) is 0 Å². The minimum absolute atomic E-state index is 0. The molecule has 1 spiro atoms. The van der Waals surface area contributed by atoms with E-state index in [0.717, 1.165) is 50.9 Å². The number of halogens is 1. The van der Waals surface area contributed by atoms with Gasteiger partial charge in [-0.2, -0.15) is 0 Å². The Labute approximate surface area is 234 Å². The van der Waals surface area contributed by atoms with Gasteiger partial charge in [0.1, 0.15) is 11.6 Å². The first-order chi connectivity index (χ1) is 17.8. The summed E-state index contributed by atoms with van der Waals surface area (Å²) in [5, 5.41) is 6.28. The fourth-order valence-corrected chi connectivity index (χ4v) is 6.26. The third-order valence-corrected chi connectivity index (χ3v) is 8.50. The Kier molecular flexibility index (Phi) is 11.0. The molecule has 2 aliphatic heterocycles. The maximum absolute atomic E-state index is 13.4. The van der Waals surface area contributed by atoms with Gasteiger partial charge in [0.2, 0.25) is 11.8 Å². The van der Waals surface area contributed by atoms with Gasteiger partial charge in [-0.1, -0.05) is 58.6 Å². The lowest BCUT2D eigenvalue weighted by molar-refractivity contribution is -0.161. The highest BCUT2D eigenvalue weighted by molar-refractivity contribution is 6.00. The van der Waals surface area contributed by atoms with E-state index in [-0.39, 0.29) is 30.1 Å². The highest BCUT2D eigenvalue weighted by Crippen LogP contribution is 2.34. The molecule has 38 heavy (non-hydrogen) atoms. The van der Waals surface area contributed by atoms with E-state index in [0.29, 0.717) is 43.3 Å². The van der Waals surface area contributed by atoms with Crippen LogP contribution < -0.4 is 10.6 Å². The number of hydrogen-bond acceptors (Lipinski definition) is 4. The number of carbonyl (C=O) groups is 3. The molecule has 3 amide bonds. The first-order valence-electron chi connectivity index (χ1n) is 14.6. The monoisotopic (exact) mass is 546 g/mol. The van der Waals surface area contributed by atoms with Gasteiger partial charge in [-0.05, 0) is 62.1 Å². The van der Waals surface area contributed by atoms with Crippen molar-refractivity contribution in [3.8, 4) is 0 Å².